The number of carboxylic acid groups (broad SMARTS) is 1. The highest BCUT2D eigenvalue weighted by Gasteiger charge is 2.32. The second kappa shape index (κ2) is 6.75. The quantitative estimate of drug-likeness (QED) is 0.832. The van der Waals surface area contributed by atoms with Crippen molar-refractivity contribution in [3.05, 3.63) is 35.4 Å². The lowest BCUT2D eigenvalue weighted by atomic mass is 10.1. The monoisotopic (exact) mass is 287 g/mol. The van der Waals surface area contributed by atoms with Crippen LogP contribution in [0.4, 0.5) is 4.79 Å². The third-order valence-electron chi connectivity index (χ3n) is 3.30. The molecule has 0 atom stereocenters. The summed E-state index contributed by atoms with van der Waals surface area (Å²) in [6.07, 6.45) is 1.87. The third kappa shape index (κ3) is 4.49. The Kier molecular flexibility index (Phi) is 4.77. The highest BCUT2D eigenvalue weighted by atomic mass is 16.4. The van der Waals surface area contributed by atoms with E-state index >= 15 is 0 Å². The Bertz CT molecular complexity index is 559. The van der Waals surface area contributed by atoms with Crippen LogP contribution in [0.15, 0.2) is 24.3 Å². The second-order valence-electron chi connectivity index (χ2n) is 5.04. The van der Waals surface area contributed by atoms with Gasteiger partial charge < -0.3 is 15.3 Å². The van der Waals surface area contributed by atoms with Crippen LogP contribution in [0.3, 0.4) is 0 Å². The van der Waals surface area contributed by atoms with Crippen LogP contribution in [-0.4, -0.2) is 34.6 Å². The molecule has 1 aliphatic carbocycles. The number of nitrogens with zero attached hydrogens (tertiary/aromatic N) is 2. The van der Waals surface area contributed by atoms with Gasteiger partial charge in [-0.25, -0.2) is 4.79 Å². The first-order chi connectivity index (χ1) is 10.1. The van der Waals surface area contributed by atoms with Gasteiger partial charge in [0.2, 0.25) is 0 Å². The van der Waals surface area contributed by atoms with Crippen molar-refractivity contribution in [2.75, 3.05) is 6.54 Å². The van der Waals surface area contributed by atoms with Crippen LogP contribution in [0.1, 0.15) is 30.4 Å². The van der Waals surface area contributed by atoms with E-state index < -0.39 is 5.97 Å². The van der Waals surface area contributed by atoms with Crippen LogP contribution < -0.4 is 5.32 Å². The number of urea groups is 1. The third-order valence-corrected chi connectivity index (χ3v) is 3.30. The van der Waals surface area contributed by atoms with Gasteiger partial charge in [0.25, 0.3) is 0 Å². The van der Waals surface area contributed by atoms with E-state index in [1.807, 2.05) is 12.1 Å². The zero-order chi connectivity index (χ0) is 15.2. The summed E-state index contributed by atoms with van der Waals surface area (Å²) in [5.41, 5.74) is 1.54. The van der Waals surface area contributed by atoms with Crippen LogP contribution in [-0.2, 0) is 11.3 Å². The van der Waals surface area contributed by atoms with Gasteiger partial charge in [0.05, 0.1) is 18.1 Å². The Balaban J connectivity index is 1.93. The summed E-state index contributed by atoms with van der Waals surface area (Å²) < 4.78 is 0. The zero-order valence-electron chi connectivity index (χ0n) is 11.6. The van der Waals surface area contributed by atoms with Crippen molar-refractivity contribution in [3.8, 4) is 6.07 Å². The summed E-state index contributed by atoms with van der Waals surface area (Å²) >= 11 is 0. The van der Waals surface area contributed by atoms with Crippen LogP contribution >= 0.6 is 0 Å². The Morgan fingerprint density at radius 3 is 2.52 bits per heavy atom. The topological polar surface area (TPSA) is 93.4 Å². The van der Waals surface area contributed by atoms with E-state index in [4.69, 9.17) is 10.4 Å². The fourth-order valence-electron chi connectivity index (χ4n) is 2.01. The summed E-state index contributed by atoms with van der Waals surface area (Å²) in [6, 6.07) is 9.16. The number of hydrogen-bond donors (Lipinski definition) is 2. The number of amides is 2. The fraction of sp³-hybridized carbons (Fsp3) is 0.400. The maximum absolute atomic E-state index is 12.1. The largest absolute Gasteiger partial charge is 0.481 e. The average molecular weight is 287 g/mol. The average Bonchev–Trinajstić information content (AvgIpc) is 3.29. The number of rotatable bonds is 6. The molecule has 0 radical (unpaired) electrons. The van der Waals surface area contributed by atoms with Gasteiger partial charge in [0, 0.05) is 19.1 Å². The van der Waals surface area contributed by atoms with Gasteiger partial charge in [0.1, 0.15) is 0 Å². The van der Waals surface area contributed by atoms with Crippen molar-refractivity contribution in [3.63, 3.8) is 0 Å². The van der Waals surface area contributed by atoms with E-state index in [1.54, 1.807) is 17.0 Å². The minimum Gasteiger partial charge on any atom is -0.481 e. The molecule has 0 bridgehead atoms. The predicted octanol–water partition coefficient (Wildman–Crippen LogP) is 1.71. The van der Waals surface area contributed by atoms with E-state index in [0.29, 0.717) is 12.1 Å². The number of nitriles is 1. The van der Waals surface area contributed by atoms with Crippen molar-refractivity contribution in [2.45, 2.75) is 31.8 Å². The van der Waals surface area contributed by atoms with Crippen molar-refractivity contribution < 1.29 is 14.7 Å². The number of hydrogen-bond acceptors (Lipinski definition) is 3. The smallest absolute Gasteiger partial charge is 0.317 e. The van der Waals surface area contributed by atoms with E-state index in [0.717, 1.165) is 18.4 Å². The molecule has 0 aromatic heterocycles. The van der Waals surface area contributed by atoms with E-state index in [-0.39, 0.29) is 25.0 Å². The van der Waals surface area contributed by atoms with E-state index in [9.17, 15) is 9.59 Å². The maximum Gasteiger partial charge on any atom is 0.317 e. The molecule has 21 heavy (non-hydrogen) atoms. The number of carboxylic acids is 1. The zero-order valence-corrected chi connectivity index (χ0v) is 11.6. The first-order valence-electron chi connectivity index (χ1n) is 6.85. The van der Waals surface area contributed by atoms with Crippen molar-refractivity contribution in [1.29, 1.82) is 5.26 Å². The van der Waals surface area contributed by atoms with Gasteiger partial charge >= 0.3 is 12.0 Å². The molecular weight excluding hydrogens is 270 g/mol. The molecule has 1 aliphatic rings. The lowest BCUT2D eigenvalue weighted by Gasteiger charge is -2.23. The molecule has 6 heteroatoms. The summed E-state index contributed by atoms with van der Waals surface area (Å²) in [4.78, 5) is 24.3. The molecule has 0 aliphatic heterocycles. The van der Waals surface area contributed by atoms with E-state index in [1.165, 1.54) is 0 Å². The summed E-state index contributed by atoms with van der Waals surface area (Å²) in [7, 11) is 0. The molecule has 6 nitrogen and oxygen atoms in total. The number of benzene rings is 1. The van der Waals surface area contributed by atoms with Gasteiger partial charge in [-0.1, -0.05) is 12.1 Å². The van der Waals surface area contributed by atoms with Gasteiger partial charge in [-0.2, -0.15) is 5.26 Å². The second-order valence-corrected chi connectivity index (χ2v) is 5.04. The fourth-order valence-corrected chi connectivity index (χ4v) is 2.01. The Hall–Kier alpha value is -2.55. The SMILES string of the molecule is N#Cc1ccc(CN(C(=O)NCCC(=O)O)C2CC2)cc1. The van der Waals surface area contributed by atoms with Crippen molar-refractivity contribution >= 4 is 12.0 Å². The van der Waals surface area contributed by atoms with Crippen LogP contribution in [0.2, 0.25) is 0 Å². The lowest BCUT2D eigenvalue weighted by Crippen LogP contribution is -2.41. The molecule has 1 fully saturated rings. The summed E-state index contributed by atoms with van der Waals surface area (Å²) in [5.74, 6) is -0.930. The van der Waals surface area contributed by atoms with Crippen LogP contribution in [0.25, 0.3) is 0 Å². The minimum absolute atomic E-state index is 0.0822. The standard InChI is InChI=1S/C15H17N3O3/c16-9-11-1-3-12(4-2-11)10-18(13-5-6-13)15(21)17-8-7-14(19)20/h1-4,13H,5-8,10H2,(H,17,21)(H,19,20). The molecule has 110 valence electrons. The number of carbonyl (C=O) groups is 2. The van der Waals surface area contributed by atoms with Gasteiger partial charge in [-0.05, 0) is 30.5 Å². The highest BCUT2D eigenvalue weighted by molar-refractivity contribution is 5.76. The first kappa shape index (κ1) is 14.9. The molecule has 0 spiro atoms. The Morgan fingerprint density at radius 1 is 1.33 bits per heavy atom. The minimum atomic E-state index is -0.930. The number of carbonyl (C=O) groups excluding carboxylic acids is 1. The molecular formula is C15H17N3O3. The molecule has 0 heterocycles. The Labute approximate surface area is 123 Å². The molecule has 2 N–H and O–H groups in total. The predicted molar refractivity (Wildman–Crippen MR) is 75.4 cm³/mol. The highest BCUT2D eigenvalue weighted by Crippen LogP contribution is 2.28. The molecule has 1 saturated carbocycles. The molecule has 1 aromatic rings. The maximum atomic E-state index is 12.1. The molecule has 1 aromatic carbocycles. The number of nitrogens with one attached hydrogen (secondary N) is 1. The lowest BCUT2D eigenvalue weighted by molar-refractivity contribution is -0.136. The molecule has 2 amide bonds. The van der Waals surface area contributed by atoms with Crippen molar-refractivity contribution in [2.24, 2.45) is 0 Å². The number of aliphatic carboxylic acids is 1. The van der Waals surface area contributed by atoms with Crippen molar-refractivity contribution in [1.82, 2.24) is 10.2 Å². The van der Waals surface area contributed by atoms with Gasteiger partial charge in [-0.15, -0.1) is 0 Å². The van der Waals surface area contributed by atoms with Gasteiger partial charge in [0.15, 0.2) is 0 Å². The summed E-state index contributed by atoms with van der Waals surface area (Å²) in [5, 5.41) is 20.0. The Morgan fingerprint density at radius 2 is 2.00 bits per heavy atom. The molecule has 2 rings (SSSR count). The molecule has 0 saturated heterocycles. The summed E-state index contributed by atoms with van der Waals surface area (Å²) in [6.45, 7) is 0.597. The van der Waals surface area contributed by atoms with Crippen LogP contribution in [0, 0.1) is 11.3 Å². The van der Waals surface area contributed by atoms with Crippen LogP contribution in [0.5, 0.6) is 0 Å². The van der Waals surface area contributed by atoms with Gasteiger partial charge in [-0.3, -0.25) is 4.79 Å². The normalized spacial score (nSPS) is 13.3. The van der Waals surface area contributed by atoms with E-state index in [2.05, 4.69) is 11.4 Å². The first-order valence-corrected chi connectivity index (χ1v) is 6.85. The molecule has 0 unspecified atom stereocenters.